The van der Waals surface area contributed by atoms with Crippen LogP contribution >= 0.6 is 0 Å². The van der Waals surface area contributed by atoms with Crippen LogP contribution < -0.4 is 0 Å². The topological polar surface area (TPSA) is 43.4 Å². The highest BCUT2D eigenvalue weighted by atomic mass is 19.3. The molecule has 0 fully saturated rings. The lowest BCUT2D eigenvalue weighted by Crippen LogP contribution is -2.12. The fraction of sp³-hybridized carbons (Fsp3) is 0.333. The van der Waals surface area contributed by atoms with E-state index < -0.39 is 12.4 Å². The molecule has 5 heteroatoms. The van der Waals surface area contributed by atoms with E-state index in [2.05, 4.69) is 4.74 Å². The van der Waals surface area contributed by atoms with Gasteiger partial charge in [0.1, 0.15) is 0 Å². The monoisotopic (exact) mass is 124 g/mol. The zero-order chi connectivity index (χ0) is 6.57. The molecule has 0 heterocycles. The van der Waals surface area contributed by atoms with E-state index in [1.807, 2.05) is 0 Å². The van der Waals surface area contributed by atoms with Crippen molar-refractivity contribution in [2.75, 3.05) is 0 Å². The number of rotatable bonds is 2. The Labute approximate surface area is 43.2 Å². The average Bonchev–Trinajstić information content (AvgIpc) is 1.67. The van der Waals surface area contributed by atoms with Crippen molar-refractivity contribution in [3.8, 4) is 0 Å². The molecule has 0 aliphatic heterocycles. The van der Waals surface area contributed by atoms with E-state index in [1.54, 1.807) is 0 Å². The van der Waals surface area contributed by atoms with Gasteiger partial charge >= 0.3 is 18.9 Å². The Hall–Kier alpha value is -1.00. The summed E-state index contributed by atoms with van der Waals surface area (Å²) in [5, 5.41) is 0. The maximum Gasteiger partial charge on any atom is 0.381 e. The third kappa shape index (κ3) is 2.22. The fourth-order valence-electron chi connectivity index (χ4n) is 0.0989. The molecule has 46 valence electrons. The molecule has 3 nitrogen and oxygen atoms in total. The van der Waals surface area contributed by atoms with E-state index in [9.17, 15) is 13.6 Å². The van der Waals surface area contributed by atoms with Gasteiger partial charge in [-0.05, 0) is 0 Å². The van der Waals surface area contributed by atoms with Gasteiger partial charge < -0.3 is 4.74 Å². The quantitative estimate of drug-likeness (QED) is 0.294. The molecule has 0 aromatic rings. The standard InChI is InChI=1S/C3H2F2O3/c4-2(5)3(7)8-1-6/h1-2H. The molecule has 0 unspecified atom stereocenters. The third-order valence-electron chi connectivity index (χ3n) is 0.342. The summed E-state index contributed by atoms with van der Waals surface area (Å²) in [4.78, 5) is 18.7. The molecular weight excluding hydrogens is 122 g/mol. The predicted molar refractivity (Wildman–Crippen MR) is 18.2 cm³/mol. The van der Waals surface area contributed by atoms with Gasteiger partial charge in [0.2, 0.25) is 0 Å². The van der Waals surface area contributed by atoms with Crippen molar-refractivity contribution in [2.45, 2.75) is 6.43 Å². The number of carbonyl (C=O) groups excluding carboxylic acids is 2. The van der Waals surface area contributed by atoms with Gasteiger partial charge in [-0.2, -0.15) is 8.78 Å². The van der Waals surface area contributed by atoms with Gasteiger partial charge in [-0.3, -0.25) is 4.79 Å². The number of hydrogen-bond acceptors (Lipinski definition) is 3. The molecule has 0 saturated heterocycles. The van der Waals surface area contributed by atoms with Gasteiger partial charge in [-0.25, -0.2) is 4.79 Å². The predicted octanol–water partition coefficient (Wildman–Crippen LogP) is -0.0489. The van der Waals surface area contributed by atoms with Crippen LogP contribution in [0.3, 0.4) is 0 Å². The van der Waals surface area contributed by atoms with E-state index in [1.165, 1.54) is 0 Å². The van der Waals surface area contributed by atoms with Crippen LogP contribution in [0, 0.1) is 0 Å². The highest BCUT2D eigenvalue weighted by Gasteiger charge is 2.15. The van der Waals surface area contributed by atoms with Gasteiger partial charge in [-0.15, -0.1) is 0 Å². The van der Waals surface area contributed by atoms with E-state index >= 15 is 0 Å². The van der Waals surface area contributed by atoms with Crippen LogP contribution in [0.4, 0.5) is 8.78 Å². The summed E-state index contributed by atoms with van der Waals surface area (Å²) in [6.45, 7) is -0.339. The van der Waals surface area contributed by atoms with Crippen molar-refractivity contribution in [3.05, 3.63) is 0 Å². The minimum absolute atomic E-state index is 0.339. The highest BCUT2D eigenvalue weighted by Crippen LogP contribution is 1.92. The summed E-state index contributed by atoms with van der Waals surface area (Å²) in [5.41, 5.74) is 0. The first-order valence-corrected chi connectivity index (χ1v) is 1.60. The van der Waals surface area contributed by atoms with Gasteiger partial charge in [0, 0.05) is 0 Å². The summed E-state index contributed by atoms with van der Waals surface area (Å²) in [5.74, 6) is -1.82. The number of esters is 1. The molecule has 0 aliphatic rings. The van der Waals surface area contributed by atoms with Crippen molar-refractivity contribution in [3.63, 3.8) is 0 Å². The van der Waals surface area contributed by atoms with Crippen LogP contribution in [0.25, 0.3) is 0 Å². The number of carbonyl (C=O) groups is 2. The zero-order valence-corrected chi connectivity index (χ0v) is 3.64. The van der Waals surface area contributed by atoms with Crippen LogP contribution in [-0.2, 0) is 14.3 Å². The second-order valence-electron chi connectivity index (χ2n) is 0.834. The number of ether oxygens (including phenoxy) is 1. The number of hydrogen-bond donors (Lipinski definition) is 0. The zero-order valence-electron chi connectivity index (χ0n) is 3.64. The van der Waals surface area contributed by atoms with Crippen LogP contribution in [-0.4, -0.2) is 18.9 Å². The summed E-state index contributed by atoms with van der Waals surface area (Å²) in [6.07, 6.45) is -3.22. The van der Waals surface area contributed by atoms with Crippen molar-refractivity contribution in [1.29, 1.82) is 0 Å². The second kappa shape index (κ2) is 3.06. The molecule has 0 aromatic heterocycles. The smallest absolute Gasteiger partial charge is 0.381 e. The van der Waals surface area contributed by atoms with E-state index in [4.69, 9.17) is 4.79 Å². The Morgan fingerprint density at radius 2 is 2.12 bits per heavy atom. The molecule has 0 N–H and O–H groups in total. The van der Waals surface area contributed by atoms with Gasteiger partial charge in [0.25, 0.3) is 0 Å². The summed E-state index contributed by atoms with van der Waals surface area (Å²) < 4.78 is 25.2. The maximum atomic E-state index is 11.0. The van der Waals surface area contributed by atoms with Crippen LogP contribution in [0.2, 0.25) is 0 Å². The van der Waals surface area contributed by atoms with Gasteiger partial charge in [-0.1, -0.05) is 0 Å². The van der Waals surface area contributed by atoms with Crippen molar-refractivity contribution in [2.24, 2.45) is 0 Å². The minimum Gasteiger partial charge on any atom is -0.391 e. The number of alkyl halides is 2. The highest BCUT2D eigenvalue weighted by molar-refractivity contribution is 5.78. The molecule has 0 saturated carbocycles. The third-order valence-corrected chi connectivity index (χ3v) is 0.342. The Morgan fingerprint density at radius 3 is 2.25 bits per heavy atom. The number of halogens is 2. The van der Waals surface area contributed by atoms with E-state index in [-0.39, 0.29) is 6.47 Å². The van der Waals surface area contributed by atoms with Crippen LogP contribution in [0.15, 0.2) is 0 Å². The summed E-state index contributed by atoms with van der Waals surface area (Å²) >= 11 is 0. The van der Waals surface area contributed by atoms with Gasteiger partial charge in [0.15, 0.2) is 0 Å². The molecule has 0 amide bonds. The first kappa shape index (κ1) is 7.00. The summed E-state index contributed by atoms with van der Waals surface area (Å²) in [7, 11) is 0. The molecule has 0 radical (unpaired) electrons. The molecular formula is C3H2F2O3. The Bertz CT molecular complexity index is 101. The summed E-state index contributed by atoms with van der Waals surface area (Å²) in [6, 6.07) is 0. The lowest BCUT2D eigenvalue weighted by atomic mass is 10.7. The SMILES string of the molecule is O=COC(=O)C(F)F. The largest absolute Gasteiger partial charge is 0.391 e. The first-order chi connectivity index (χ1) is 3.68. The molecule has 0 bridgehead atoms. The van der Waals surface area contributed by atoms with Gasteiger partial charge in [0.05, 0.1) is 0 Å². The van der Waals surface area contributed by atoms with Crippen molar-refractivity contribution < 1.29 is 23.1 Å². The first-order valence-electron chi connectivity index (χ1n) is 1.60. The van der Waals surface area contributed by atoms with Crippen LogP contribution in [0.1, 0.15) is 0 Å². The second-order valence-corrected chi connectivity index (χ2v) is 0.834. The molecule has 0 spiro atoms. The van der Waals surface area contributed by atoms with Crippen LogP contribution in [0.5, 0.6) is 0 Å². The maximum absolute atomic E-state index is 11.0. The fourth-order valence-corrected chi connectivity index (χ4v) is 0.0989. The minimum atomic E-state index is -3.22. The average molecular weight is 124 g/mol. The van der Waals surface area contributed by atoms with E-state index in [0.29, 0.717) is 0 Å². The molecule has 0 aliphatic carbocycles. The van der Waals surface area contributed by atoms with Crippen molar-refractivity contribution in [1.82, 2.24) is 0 Å². The Kier molecular flexibility index (Phi) is 2.68. The van der Waals surface area contributed by atoms with E-state index in [0.717, 1.165) is 0 Å². The lowest BCUT2D eigenvalue weighted by molar-refractivity contribution is -0.160. The molecule has 0 aromatic carbocycles. The molecule has 0 rings (SSSR count). The Balaban J connectivity index is 3.48. The molecule has 8 heavy (non-hydrogen) atoms. The van der Waals surface area contributed by atoms with Crippen molar-refractivity contribution >= 4 is 12.4 Å². The lowest BCUT2D eigenvalue weighted by Gasteiger charge is -1.90. The molecule has 0 atom stereocenters. The Morgan fingerprint density at radius 1 is 1.62 bits per heavy atom. The normalized spacial score (nSPS) is 8.88.